The summed E-state index contributed by atoms with van der Waals surface area (Å²) in [4.78, 5) is 8.75. The van der Waals surface area contributed by atoms with E-state index in [4.69, 9.17) is 0 Å². The second-order valence-corrected chi connectivity index (χ2v) is 7.70. The molecule has 0 spiro atoms. The molecule has 1 saturated carbocycles. The van der Waals surface area contributed by atoms with Crippen molar-refractivity contribution in [1.29, 1.82) is 0 Å². The standard InChI is InChI=1S/C20H30N6.HI/c1-16(2)13-20(7-4-8-20)15-24-19(21-3)23-14-17-6-10-22-18(12-17)26-11-5-9-25-26;/h5-6,9-12,16H,4,7-8,13-15H2,1-3H3,(H2,21,23,24);1H. The van der Waals surface area contributed by atoms with Crippen molar-refractivity contribution in [3.63, 3.8) is 0 Å². The summed E-state index contributed by atoms with van der Waals surface area (Å²) in [7, 11) is 1.83. The van der Waals surface area contributed by atoms with E-state index in [1.807, 2.05) is 37.6 Å². The lowest BCUT2D eigenvalue weighted by Crippen LogP contribution is -2.46. The number of nitrogens with zero attached hydrogens (tertiary/aromatic N) is 4. The number of aromatic nitrogens is 3. The van der Waals surface area contributed by atoms with Crippen molar-refractivity contribution in [2.24, 2.45) is 16.3 Å². The fourth-order valence-electron chi connectivity index (χ4n) is 3.77. The Morgan fingerprint density at radius 2 is 2.11 bits per heavy atom. The molecule has 1 fully saturated rings. The van der Waals surface area contributed by atoms with Crippen molar-refractivity contribution in [3.8, 4) is 5.82 Å². The highest BCUT2D eigenvalue weighted by Gasteiger charge is 2.37. The summed E-state index contributed by atoms with van der Waals surface area (Å²) in [6.07, 6.45) is 10.8. The maximum absolute atomic E-state index is 4.38. The zero-order valence-electron chi connectivity index (χ0n) is 16.5. The molecule has 2 N–H and O–H groups in total. The molecule has 0 atom stereocenters. The van der Waals surface area contributed by atoms with E-state index >= 15 is 0 Å². The number of halogens is 1. The zero-order valence-corrected chi connectivity index (χ0v) is 18.8. The van der Waals surface area contributed by atoms with Crippen LogP contribution in [0.25, 0.3) is 5.82 Å². The number of pyridine rings is 1. The van der Waals surface area contributed by atoms with Gasteiger partial charge in [-0.1, -0.05) is 20.3 Å². The molecule has 1 aliphatic carbocycles. The molecule has 0 radical (unpaired) electrons. The third-order valence-corrected chi connectivity index (χ3v) is 5.12. The van der Waals surface area contributed by atoms with Gasteiger partial charge in [-0.2, -0.15) is 5.10 Å². The minimum atomic E-state index is 0. The summed E-state index contributed by atoms with van der Waals surface area (Å²) in [6.45, 7) is 6.33. The molecule has 0 bridgehead atoms. The number of nitrogens with one attached hydrogen (secondary N) is 2. The molecule has 2 aromatic heterocycles. The average molecular weight is 482 g/mol. The van der Waals surface area contributed by atoms with E-state index in [1.54, 1.807) is 10.9 Å². The van der Waals surface area contributed by atoms with Gasteiger partial charge in [0.05, 0.1) is 0 Å². The van der Waals surface area contributed by atoms with Crippen LogP contribution in [0.3, 0.4) is 0 Å². The lowest BCUT2D eigenvalue weighted by molar-refractivity contribution is 0.104. The van der Waals surface area contributed by atoms with E-state index in [0.717, 1.165) is 29.8 Å². The number of hydrogen-bond donors (Lipinski definition) is 2. The Morgan fingerprint density at radius 3 is 2.70 bits per heavy atom. The van der Waals surface area contributed by atoms with Crippen molar-refractivity contribution in [2.75, 3.05) is 13.6 Å². The zero-order chi connectivity index (χ0) is 18.4. The molecule has 0 saturated heterocycles. The van der Waals surface area contributed by atoms with Gasteiger partial charge in [0.2, 0.25) is 0 Å². The average Bonchev–Trinajstić information content (AvgIpc) is 3.14. The highest BCUT2D eigenvalue weighted by Crippen LogP contribution is 2.45. The molecule has 148 valence electrons. The Labute approximate surface area is 179 Å². The van der Waals surface area contributed by atoms with E-state index in [-0.39, 0.29) is 24.0 Å². The third-order valence-electron chi connectivity index (χ3n) is 5.12. The van der Waals surface area contributed by atoms with Gasteiger partial charge < -0.3 is 10.6 Å². The van der Waals surface area contributed by atoms with Gasteiger partial charge in [0.25, 0.3) is 0 Å². The largest absolute Gasteiger partial charge is 0.356 e. The van der Waals surface area contributed by atoms with Gasteiger partial charge in [-0.15, -0.1) is 24.0 Å². The minimum Gasteiger partial charge on any atom is -0.356 e. The molecule has 1 aliphatic rings. The Bertz CT molecular complexity index is 722. The molecule has 27 heavy (non-hydrogen) atoms. The smallest absolute Gasteiger partial charge is 0.191 e. The molecule has 0 amide bonds. The molecule has 2 aromatic rings. The van der Waals surface area contributed by atoms with Crippen LogP contribution in [0.2, 0.25) is 0 Å². The second-order valence-electron chi connectivity index (χ2n) is 7.70. The van der Waals surface area contributed by atoms with Crippen LogP contribution in [-0.4, -0.2) is 34.3 Å². The van der Waals surface area contributed by atoms with Crippen LogP contribution in [0.1, 0.15) is 45.1 Å². The van der Waals surface area contributed by atoms with Crippen molar-refractivity contribution in [1.82, 2.24) is 25.4 Å². The van der Waals surface area contributed by atoms with Crippen molar-refractivity contribution in [3.05, 3.63) is 42.4 Å². The summed E-state index contributed by atoms with van der Waals surface area (Å²) in [5.74, 6) is 2.42. The van der Waals surface area contributed by atoms with Gasteiger partial charge in [0.1, 0.15) is 0 Å². The van der Waals surface area contributed by atoms with Crippen LogP contribution in [-0.2, 0) is 6.54 Å². The van der Waals surface area contributed by atoms with Crippen molar-refractivity contribution >= 4 is 29.9 Å². The maximum atomic E-state index is 4.38. The first kappa shape index (κ1) is 21.7. The Kier molecular flexibility index (Phi) is 8.07. The highest BCUT2D eigenvalue weighted by atomic mass is 127. The maximum Gasteiger partial charge on any atom is 0.191 e. The van der Waals surface area contributed by atoms with E-state index in [0.29, 0.717) is 12.0 Å². The summed E-state index contributed by atoms with van der Waals surface area (Å²) in [5, 5.41) is 11.2. The van der Waals surface area contributed by atoms with Gasteiger partial charge in [-0.3, -0.25) is 4.99 Å². The normalized spacial score (nSPS) is 15.8. The van der Waals surface area contributed by atoms with Crippen LogP contribution in [0.15, 0.2) is 41.8 Å². The predicted molar refractivity (Wildman–Crippen MR) is 121 cm³/mol. The van der Waals surface area contributed by atoms with Gasteiger partial charge in [-0.25, -0.2) is 9.67 Å². The topological polar surface area (TPSA) is 67.1 Å². The number of rotatable bonds is 7. The highest BCUT2D eigenvalue weighted by molar-refractivity contribution is 14.0. The lowest BCUT2D eigenvalue weighted by atomic mass is 9.64. The summed E-state index contributed by atoms with van der Waals surface area (Å²) in [6, 6.07) is 5.95. The summed E-state index contributed by atoms with van der Waals surface area (Å²) in [5.41, 5.74) is 1.60. The lowest BCUT2D eigenvalue weighted by Gasteiger charge is -2.43. The van der Waals surface area contributed by atoms with Crippen molar-refractivity contribution in [2.45, 2.75) is 46.1 Å². The molecule has 2 heterocycles. The first-order chi connectivity index (χ1) is 12.6. The van der Waals surface area contributed by atoms with E-state index < -0.39 is 0 Å². The number of guanidine groups is 1. The van der Waals surface area contributed by atoms with Gasteiger partial charge in [-0.05, 0) is 54.4 Å². The Morgan fingerprint density at radius 1 is 1.30 bits per heavy atom. The first-order valence-electron chi connectivity index (χ1n) is 9.50. The van der Waals surface area contributed by atoms with Crippen LogP contribution in [0, 0.1) is 11.3 Å². The molecule has 6 nitrogen and oxygen atoms in total. The van der Waals surface area contributed by atoms with Crippen LogP contribution in [0.5, 0.6) is 0 Å². The van der Waals surface area contributed by atoms with E-state index in [2.05, 4.69) is 39.6 Å². The molecule has 0 aliphatic heterocycles. The molecule has 3 rings (SSSR count). The third kappa shape index (κ3) is 5.92. The van der Waals surface area contributed by atoms with Crippen LogP contribution >= 0.6 is 24.0 Å². The monoisotopic (exact) mass is 482 g/mol. The fourth-order valence-corrected chi connectivity index (χ4v) is 3.77. The molecule has 0 unspecified atom stereocenters. The molecular formula is C20H31IN6. The van der Waals surface area contributed by atoms with E-state index in [1.165, 1.54) is 25.7 Å². The number of aliphatic imine (C=N–C) groups is 1. The predicted octanol–water partition coefficient (Wildman–Crippen LogP) is 3.77. The SMILES string of the molecule is CN=C(NCc1ccnc(-n2cccn2)c1)NCC1(CC(C)C)CCC1.I. The van der Waals surface area contributed by atoms with E-state index in [9.17, 15) is 0 Å². The molecular weight excluding hydrogens is 451 g/mol. The summed E-state index contributed by atoms with van der Waals surface area (Å²) < 4.78 is 1.77. The Hall–Kier alpha value is -1.64. The van der Waals surface area contributed by atoms with Crippen LogP contribution < -0.4 is 10.6 Å². The summed E-state index contributed by atoms with van der Waals surface area (Å²) >= 11 is 0. The van der Waals surface area contributed by atoms with Gasteiger partial charge in [0, 0.05) is 38.7 Å². The molecule has 0 aromatic carbocycles. The van der Waals surface area contributed by atoms with Gasteiger partial charge in [0.15, 0.2) is 11.8 Å². The number of hydrogen-bond acceptors (Lipinski definition) is 3. The van der Waals surface area contributed by atoms with Gasteiger partial charge >= 0.3 is 0 Å². The molecule has 7 heteroatoms. The van der Waals surface area contributed by atoms with Crippen molar-refractivity contribution < 1.29 is 0 Å². The van der Waals surface area contributed by atoms with Crippen LogP contribution in [0.4, 0.5) is 0 Å². The fraction of sp³-hybridized carbons (Fsp3) is 0.550. The Balaban J connectivity index is 0.00000261. The quantitative estimate of drug-likeness (QED) is 0.358. The first-order valence-corrected chi connectivity index (χ1v) is 9.50. The minimum absolute atomic E-state index is 0. The second kappa shape index (κ2) is 10.1.